The van der Waals surface area contributed by atoms with E-state index in [2.05, 4.69) is 21.2 Å². The molecule has 0 aliphatic carbocycles. The second-order valence-corrected chi connectivity index (χ2v) is 6.35. The maximum Gasteiger partial charge on any atom is 0.261 e. The largest absolute Gasteiger partial charge is 0.321 e. The minimum atomic E-state index is -0.903. The average molecular weight is 372 g/mol. The summed E-state index contributed by atoms with van der Waals surface area (Å²) in [5.74, 6) is -1.78. The van der Waals surface area contributed by atoms with Crippen LogP contribution in [0.3, 0.4) is 0 Å². The molecule has 0 saturated carbocycles. The molecule has 6 heteroatoms. The molecule has 0 unspecified atom stereocenters. The van der Waals surface area contributed by atoms with Crippen molar-refractivity contribution in [2.45, 2.75) is 11.8 Å². The van der Waals surface area contributed by atoms with Crippen molar-refractivity contribution in [1.29, 1.82) is 0 Å². The van der Waals surface area contributed by atoms with E-state index in [1.807, 2.05) is 19.1 Å². The first-order valence-electron chi connectivity index (χ1n) is 6.20. The number of thioether (sulfide) groups is 1. The van der Waals surface area contributed by atoms with Crippen LogP contribution in [0.2, 0.25) is 0 Å². The predicted molar refractivity (Wildman–Crippen MR) is 84.9 cm³/mol. The van der Waals surface area contributed by atoms with Crippen molar-refractivity contribution >= 4 is 39.3 Å². The molecule has 0 heterocycles. The summed E-state index contributed by atoms with van der Waals surface area (Å²) < 4.78 is 27.8. The molecule has 0 aliphatic heterocycles. The maximum atomic E-state index is 13.8. The molecule has 2 aromatic rings. The van der Waals surface area contributed by atoms with Crippen LogP contribution in [-0.2, 0) is 0 Å². The highest BCUT2D eigenvalue weighted by molar-refractivity contribution is 9.10. The van der Waals surface area contributed by atoms with E-state index in [4.69, 9.17) is 0 Å². The van der Waals surface area contributed by atoms with Crippen molar-refractivity contribution in [3.05, 3.63) is 58.1 Å². The van der Waals surface area contributed by atoms with Crippen LogP contribution in [0.1, 0.15) is 17.3 Å². The van der Waals surface area contributed by atoms with Crippen LogP contribution in [0, 0.1) is 11.6 Å². The summed E-state index contributed by atoms with van der Waals surface area (Å²) in [6, 6.07) is 9.26. The van der Waals surface area contributed by atoms with Crippen LogP contribution in [0.15, 0.2) is 45.8 Å². The molecule has 0 atom stereocenters. The normalized spacial score (nSPS) is 10.5. The lowest BCUT2D eigenvalue weighted by Gasteiger charge is -2.11. The summed E-state index contributed by atoms with van der Waals surface area (Å²) in [6.07, 6.45) is 0. The Morgan fingerprint density at radius 3 is 2.48 bits per heavy atom. The highest BCUT2D eigenvalue weighted by Crippen LogP contribution is 2.28. The first kappa shape index (κ1) is 16.0. The van der Waals surface area contributed by atoms with E-state index >= 15 is 0 Å². The van der Waals surface area contributed by atoms with Gasteiger partial charge in [0.25, 0.3) is 5.91 Å². The van der Waals surface area contributed by atoms with Gasteiger partial charge in [0.05, 0.1) is 5.69 Å². The molecule has 1 amide bonds. The average Bonchev–Trinajstić information content (AvgIpc) is 2.40. The van der Waals surface area contributed by atoms with Gasteiger partial charge in [-0.15, -0.1) is 11.8 Å². The minimum absolute atomic E-state index is 0.246. The van der Waals surface area contributed by atoms with Gasteiger partial charge in [-0.2, -0.15) is 0 Å². The van der Waals surface area contributed by atoms with Gasteiger partial charge in [-0.05, 0) is 30.0 Å². The highest BCUT2D eigenvalue weighted by atomic mass is 79.9. The van der Waals surface area contributed by atoms with Crippen molar-refractivity contribution in [1.82, 2.24) is 0 Å². The topological polar surface area (TPSA) is 29.1 Å². The zero-order chi connectivity index (χ0) is 15.4. The van der Waals surface area contributed by atoms with Gasteiger partial charge < -0.3 is 5.32 Å². The van der Waals surface area contributed by atoms with Gasteiger partial charge in [0, 0.05) is 9.37 Å². The fraction of sp³-hybridized carbons (Fsp3) is 0.133. The highest BCUT2D eigenvalue weighted by Gasteiger charge is 2.19. The molecule has 0 aromatic heterocycles. The molecule has 2 rings (SSSR count). The molecule has 1 N–H and O–H groups in total. The lowest BCUT2D eigenvalue weighted by atomic mass is 10.2. The van der Waals surface area contributed by atoms with E-state index < -0.39 is 23.1 Å². The van der Waals surface area contributed by atoms with Crippen LogP contribution in [0.5, 0.6) is 0 Å². The summed E-state index contributed by atoms with van der Waals surface area (Å²) in [5.41, 5.74) is -0.0504. The van der Waals surface area contributed by atoms with Crippen LogP contribution >= 0.6 is 27.7 Å². The summed E-state index contributed by atoms with van der Waals surface area (Å²) in [6.45, 7) is 1.98. The number of para-hydroxylation sites is 1. The van der Waals surface area contributed by atoms with E-state index in [0.717, 1.165) is 22.8 Å². The molecule has 0 aliphatic rings. The number of amides is 1. The van der Waals surface area contributed by atoms with E-state index in [0.29, 0.717) is 5.69 Å². The van der Waals surface area contributed by atoms with Gasteiger partial charge in [-0.1, -0.05) is 35.0 Å². The Kier molecular flexibility index (Phi) is 5.36. The molecule has 2 aromatic carbocycles. The zero-order valence-corrected chi connectivity index (χ0v) is 13.5. The van der Waals surface area contributed by atoms with Crippen molar-refractivity contribution in [2.75, 3.05) is 11.1 Å². The number of hydrogen-bond donors (Lipinski definition) is 1. The Hall–Kier alpha value is -1.40. The second-order valence-electron chi connectivity index (χ2n) is 4.13. The van der Waals surface area contributed by atoms with Crippen molar-refractivity contribution in [2.24, 2.45) is 0 Å². The lowest BCUT2D eigenvalue weighted by molar-refractivity contribution is 0.101. The zero-order valence-electron chi connectivity index (χ0n) is 11.1. The number of carbonyl (C=O) groups is 1. The molecule has 0 spiro atoms. The molecule has 2 nitrogen and oxygen atoms in total. The number of rotatable bonds is 4. The van der Waals surface area contributed by atoms with Crippen molar-refractivity contribution < 1.29 is 13.6 Å². The Labute approximate surface area is 134 Å². The van der Waals surface area contributed by atoms with Crippen LogP contribution in [0.4, 0.5) is 14.5 Å². The molecule has 21 heavy (non-hydrogen) atoms. The van der Waals surface area contributed by atoms with Gasteiger partial charge in [-0.3, -0.25) is 4.79 Å². The van der Waals surface area contributed by atoms with Gasteiger partial charge >= 0.3 is 0 Å². The van der Waals surface area contributed by atoms with E-state index in [9.17, 15) is 13.6 Å². The summed E-state index contributed by atoms with van der Waals surface area (Å²) in [4.78, 5) is 13.0. The number of anilines is 1. The molecular formula is C15H12BrF2NOS. The number of hydrogen-bond acceptors (Lipinski definition) is 2. The second kappa shape index (κ2) is 7.04. The minimum Gasteiger partial charge on any atom is -0.321 e. The molecule has 110 valence electrons. The molecular weight excluding hydrogens is 360 g/mol. The smallest absolute Gasteiger partial charge is 0.261 e. The predicted octanol–water partition coefficient (Wildman–Crippen LogP) is 5.09. The SMILES string of the molecule is CCSc1ccccc1NC(=O)c1c(F)cc(Br)cc1F. The number of benzene rings is 2. The number of nitrogens with one attached hydrogen (secondary N) is 1. The standard InChI is InChI=1S/C15H12BrF2NOS/c1-2-21-13-6-4-3-5-12(13)19-15(20)14-10(17)7-9(16)8-11(14)18/h3-8H,2H2,1H3,(H,19,20). The van der Waals surface area contributed by atoms with Crippen LogP contribution in [-0.4, -0.2) is 11.7 Å². The molecule has 0 bridgehead atoms. The maximum absolute atomic E-state index is 13.8. The monoisotopic (exact) mass is 371 g/mol. The van der Waals surface area contributed by atoms with E-state index in [1.165, 1.54) is 0 Å². The van der Waals surface area contributed by atoms with Crippen LogP contribution < -0.4 is 5.32 Å². The summed E-state index contributed by atoms with van der Waals surface area (Å²) in [7, 11) is 0. The summed E-state index contributed by atoms with van der Waals surface area (Å²) in [5, 5.41) is 2.56. The number of halogens is 3. The van der Waals surface area contributed by atoms with Crippen molar-refractivity contribution in [3.8, 4) is 0 Å². The first-order chi connectivity index (χ1) is 10.0. The Morgan fingerprint density at radius 2 is 1.86 bits per heavy atom. The third kappa shape index (κ3) is 3.83. The fourth-order valence-corrected chi connectivity index (χ4v) is 2.96. The van der Waals surface area contributed by atoms with Gasteiger partial charge in [0.1, 0.15) is 17.2 Å². The lowest BCUT2D eigenvalue weighted by Crippen LogP contribution is -2.16. The number of carbonyl (C=O) groups excluding carboxylic acids is 1. The molecule has 0 fully saturated rings. The quantitative estimate of drug-likeness (QED) is 0.758. The Balaban J connectivity index is 2.31. The Morgan fingerprint density at radius 1 is 1.24 bits per heavy atom. The van der Waals surface area contributed by atoms with E-state index in [1.54, 1.807) is 23.9 Å². The van der Waals surface area contributed by atoms with Gasteiger partial charge in [-0.25, -0.2) is 8.78 Å². The van der Waals surface area contributed by atoms with Crippen molar-refractivity contribution in [3.63, 3.8) is 0 Å². The Bertz CT molecular complexity index is 655. The van der Waals surface area contributed by atoms with E-state index in [-0.39, 0.29) is 4.47 Å². The molecule has 0 radical (unpaired) electrons. The first-order valence-corrected chi connectivity index (χ1v) is 7.98. The molecule has 0 saturated heterocycles. The third-order valence-corrected chi connectivity index (χ3v) is 4.08. The third-order valence-electron chi connectivity index (χ3n) is 2.67. The van der Waals surface area contributed by atoms with Crippen LogP contribution in [0.25, 0.3) is 0 Å². The fourth-order valence-electron chi connectivity index (χ4n) is 1.80. The van der Waals surface area contributed by atoms with Gasteiger partial charge in [0.15, 0.2) is 0 Å². The van der Waals surface area contributed by atoms with Gasteiger partial charge in [0.2, 0.25) is 0 Å². The summed E-state index contributed by atoms with van der Waals surface area (Å²) >= 11 is 4.52.